The minimum atomic E-state index is 0.591. The van der Waals surface area contributed by atoms with E-state index in [0.29, 0.717) is 6.54 Å². The summed E-state index contributed by atoms with van der Waals surface area (Å²) in [6, 6.07) is 3.89. The summed E-state index contributed by atoms with van der Waals surface area (Å²) in [4.78, 5) is 4.20. The second-order valence-electron chi connectivity index (χ2n) is 2.57. The molecule has 0 fully saturated rings. The first-order chi connectivity index (χ1) is 5.92. The summed E-state index contributed by atoms with van der Waals surface area (Å²) in [5.41, 5.74) is 6.33. The predicted octanol–water partition coefficient (Wildman–Crippen LogP) is 0.390. The van der Waals surface area contributed by atoms with Gasteiger partial charge in [-0.1, -0.05) is 0 Å². The third-order valence-corrected chi connectivity index (χ3v) is 1.74. The summed E-state index contributed by atoms with van der Waals surface area (Å²) in [6.45, 7) is 1.31. The van der Waals surface area contributed by atoms with Crippen molar-refractivity contribution in [2.75, 3.05) is 6.54 Å². The number of hydrogen-bond donors (Lipinski definition) is 1. The molecule has 0 saturated heterocycles. The van der Waals surface area contributed by atoms with Crippen molar-refractivity contribution < 1.29 is 0 Å². The van der Waals surface area contributed by atoms with E-state index in [1.165, 1.54) is 0 Å². The third kappa shape index (κ3) is 1.06. The van der Waals surface area contributed by atoms with Crippen LogP contribution in [0.1, 0.15) is 0 Å². The fourth-order valence-corrected chi connectivity index (χ4v) is 1.20. The zero-order valence-corrected chi connectivity index (χ0v) is 6.64. The van der Waals surface area contributed by atoms with E-state index in [-0.39, 0.29) is 0 Å². The molecule has 2 N–H and O–H groups in total. The van der Waals surface area contributed by atoms with Crippen LogP contribution < -0.4 is 5.73 Å². The standard InChI is InChI=1S/C8H10N4/c9-3-5-12-8-7(6-11-12)2-1-4-10-8/h1-2,4,6H,3,5,9H2. The van der Waals surface area contributed by atoms with E-state index in [9.17, 15) is 0 Å². The molecule has 0 aliphatic rings. The van der Waals surface area contributed by atoms with E-state index in [2.05, 4.69) is 10.1 Å². The Balaban J connectivity index is 2.55. The van der Waals surface area contributed by atoms with Crippen molar-refractivity contribution in [3.63, 3.8) is 0 Å². The molecule has 4 nitrogen and oxygen atoms in total. The molecule has 62 valence electrons. The van der Waals surface area contributed by atoms with E-state index in [1.807, 2.05) is 16.8 Å². The maximum Gasteiger partial charge on any atom is 0.157 e. The van der Waals surface area contributed by atoms with Gasteiger partial charge in [0.15, 0.2) is 5.65 Å². The smallest absolute Gasteiger partial charge is 0.157 e. The average Bonchev–Trinajstić information content (AvgIpc) is 2.50. The lowest BCUT2D eigenvalue weighted by Gasteiger charge is -1.97. The Bertz CT molecular complexity index is 379. The molecule has 0 spiro atoms. The summed E-state index contributed by atoms with van der Waals surface area (Å²) in [5.74, 6) is 0. The second-order valence-corrected chi connectivity index (χ2v) is 2.57. The summed E-state index contributed by atoms with van der Waals surface area (Å²) in [5, 5.41) is 5.22. The van der Waals surface area contributed by atoms with Gasteiger partial charge in [-0.3, -0.25) is 0 Å². The summed E-state index contributed by atoms with van der Waals surface area (Å²) >= 11 is 0. The minimum absolute atomic E-state index is 0.591. The number of pyridine rings is 1. The van der Waals surface area contributed by atoms with Crippen molar-refractivity contribution in [3.8, 4) is 0 Å². The molecule has 4 heteroatoms. The molecule has 0 saturated carbocycles. The quantitative estimate of drug-likeness (QED) is 0.695. The number of aromatic nitrogens is 3. The fourth-order valence-electron chi connectivity index (χ4n) is 1.20. The molecule has 0 aromatic carbocycles. The van der Waals surface area contributed by atoms with Gasteiger partial charge in [0.05, 0.1) is 12.7 Å². The number of nitrogens with zero attached hydrogens (tertiary/aromatic N) is 3. The van der Waals surface area contributed by atoms with Crippen molar-refractivity contribution in [1.29, 1.82) is 0 Å². The van der Waals surface area contributed by atoms with Crippen LogP contribution in [-0.2, 0) is 6.54 Å². The van der Waals surface area contributed by atoms with Crippen LogP contribution in [0.25, 0.3) is 11.0 Å². The van der Waals surface area contributed by atoms with Crippen molar-refractivity contribution in [1.82, 2.24) is 14.8 Å². The van der Waals surface area contributed by atoms with Gasteiger partial charge in [-0.05, 0) is 12.1 Å². The van der Waals surface area contributed by atoms with Gasteiger partial charge in [-0.15, -0.1) is 0 Å². The molecular weight excluding hydrogens is 152 g/mol. The van der Waals surface area contributed by atoms with Gasteiger partial charge in [-0.25, -0.2) is 9.67 Å². The summed E-state index contributed by atoms with van der Waals surface area (Å²) in [7, 11) is 0. The maximum atomic E-state index is 5.42. The first-order valence-corrected chi connectivity index (χ1v) is 3.88. The lowest BCUT2D eigenvalue weighted by molar-refractivity contribution is 0.640. The molecule has 0 aliphatic heterocycles. The Labute approximate surface area is 70.0 Å². The number of hydrogen-bond acceptors (Lipinski definition) is 3. The maximum absolute atomic E-state index is 5.42. The number of fused-ring (bicyclic) bond motifs is 1. The molecule has 0 bridgehead atoms. The first kappa shape index (κ1) is 7.24. The molecule has 12 heavy (non-hydrogen) atoms. The molecule has 0 aliphatic carbocycles. The molecule has 0 atom stereocenters. The molecule has 2 heterocycles. The van der Waals surface area contributed by atoms with Gasteiger partial charge in [0, 0.05) is 18.1 Å². The van der Waals surface area contributed by atoms with Gasteiger partial charge in [0.25, 0.3) is 0 Å². The Morgan fingerprint density at radius 3 is 3.25 bits per heavy atom. The normalized spacial score (nSPS) is 10.8. The monoisotopic (exact) mass is 162 g/mol. The minimum Gasteiger partial charge on any atom is -0.329 e. The highest BCUT2D eigenvalue weighted by Crippen LogP contribution is 2.08. The molecule has 0 unspecified atom stereocenters. The highest BCUT2D eigenvalue weighted by atomic mass is 15.3. The van der Waals surface area contributed by atoms with Crippen molar-refractivity contribution in [3.05, 3.63) is 24.5 Å². The lowest BCUT2D eigenvalue weighted by Crippen LogP contribution is -2.11. The predicted molar refractivity (Wildman–Crippen MR) is 46.6 cm³/mol. The van der Waals surface area contributed by atoms with Crippen molar-refractivity contribution in [2.24, 2.45) is 5.73 Å². The van der Waals surface area contributed by atoms with Crippen LogP contribution in [0.5, 0.6) is 0 Å². The SMILES string of the molecule is NCCn1ncc2cccnc21. The zero-order chi connectivity index (χ0) is 8.39. The van der Waals surface area contributed by atoms with E-state index in [4.69, 9.17) is 5.73 Å². The lowest BCUT2D eigenvalue weighted by atomic mass is 10.4. The third-order valence-electron chi connectivity index (χ3n) is 1.74. The van der Waals surface area contributed by atoms with E-state index in [0.717, 1.165) is 17.6 Å². The van der Waals surface area contributed by atoms with Crippen LogP contribution in [0.2, 0.25) is 0 Å². The van der Waals surface area contributed by atoms with Gasteiger partial charge < -0.3 is 5.73 Å². The Kier molecular flexibility index (Phi) is 1.75. The van der Waals surface area contributed by atoms with Gasteiger partial charge in [-0.2, -0.15) is 5.10 Å². The van der Waals surface area contributed by atoms with E-state index >= 15 is 0 Å². The Hall–Kier alpha value is -1.42. The number of rotatable bonds is 2. The van der Waals surface area contributed by atoms with Crippen LogP contribution in [-0.4, -0.2) is 21.3 Å². The van der Waals surface area contributed by atoms with Gasteiger partial charge in [0.1, 0.15) is 0 Å². The Morgan fingerprint density at radius 2 is 2.42 bits per heavy atom. The largest absolute Gasteiger partial charge is 0.329 e. The van der Waals surface area contributed by atoms with Crippen LogP contribution in [0.15, 0.2) is 24.5 Å². The highest BCUT2D eigenvalue weighted by molar-refractivity contribution is 5.73. The van der Waals surface area contributed by atoms with Crippen LogP contribution >= 0.6 is 0 Å². The van der Waals surface area contributed by atoms with Crippen LogP contribution in [0.3, 0.4) is 0 Å². The van der Waals surface area contributed by atoms with E-state index in [1.54, 1.807) is 12.4 Å². The molecule has 0 amide bonds. The number of nitrogens with two attached hydrogens (primary N) is 1. The van der Waals surface area contributed by atoms with Crippen LogP contribution in [0, 0.1) is 0 Å². The van der Waals surface area contributed by atoms with Crippen molar-refractivity contribution >= 4 is 11.0 Å². The fraction of sp³-hybridized carbons (Fsp3) is 0.250. The average molecular weight is 162 g/mol. The van der Waals surface area contributed by atoms with Crippen molar-refractivity contribution in [2.45, 2.75) is 6.54 Å². The topological polar surface area (TPSA) is 56.7 Å². The van der Waals surface area contributed by atoms with Crippen LogP contribution in [0.4, 0.5) is 0 Å². The van der Waals surface area contributed by atoms with E-state index < -0.39 is 0 Å². The molecule has 2 aromatic rings. The molecule has 2 rings (SSSR count). The highest BCUT2D eigenvalue weighted by Gasteiger charge is 2.00. The van der Waals surface area contributed by atoms with Gasteiger partial charge >= 0.3 is 0 Å². The Morgan fingerprint density at radius 1 is 1.50 bits per heavy atom. The second kappa shape index (κ2) is 2.91. The molecule has 2 aromatic heterocycles. The zero-order valence-electron chi connectivity index (χ0n) is 6.64. The first-order valence-electron chi connectivity index (χ1n) is 3.88. The summed E-state index contributed by atoms with van der Waals surface area (Å²) in [6.07, 6.45) is 3.56. The molecule has 0 radical (unpaired) electrons. The summed E-state index contributed by atoms with van der Waals surface area (Å²) < 4.78 is 1.81. The van der Waals surface area contributed by atoms with Gasteiger partial charge in [0.2, 0.25) is 0 Å². The molecular formula is C8H10N4.